The van der Waals surface area contributed by atoms with Crippen LogP contribution in [0.3, 0.4) is 0 Å². The van der Waals surface area contributed by atoms with Gasteiger partial charge in [-0.3, -0.25) is 0 Å². The van der Waals surface area contributed by atoms with Crippen LogP contribution in [0.1, 0.15) is 0 Å². The molecular formula is C9H10MnN2O3-. The second-order valence-electron chi connectivity index (χ2n) is 2.01. The maximum atomic E-state index is 7.50. The number of nitrogens with zero attached hydrogens (tertiary/aromatic N) is 1. The molecular weight excluding hydrogens is 239 g/mol. The van der Waals surface area contributed by atoms with Crippen LogP contribution >= 0.6 is 0 Å². The Morgan fingerprint density at radius 2 is 1.87 bits per heavy atom. The largest absolute Gasteiger partial charge is 0.577 e. The van der Waals surface area contributed by atoms with Crippen LogP contribution in [-0.4, -0.2) is 17.9 Å². The predicted octanol–water partition coefficient (Wildman–Crippen LogP) is 0.842. The Bertz CT molecular complexity index is 221. The molecule has 15 heavy (non-hydrogen) atoms. The van der Waals surface area contributed by atoms with E-state index in [-0.39, 0.29) is 0 Å². The van der Waals surface area contributed by atoms with Gasteiger partial charge in [-0.1, -0.05) is 24.3 Å². The van der Waals surface area contributed by atoms with Crippen LogP contribution in [0.2, 0.25) is 0 Å². The minimum atomic E-state index is 0.766. The summed E-state index contributed by atoms with van der Waals surface area (Å²) in [4.78, 5) is 7.25. The van der Waals surface area contributed by atoms with Crippen LogP contribution in [0.5, 0.6) is 0 Å². The smallest absolute Gasteiger partial charge is 0.423 e. The SMILES string of the molecule is [C-]#[O+].[CH]1C=CC=C1.[Mn]=[C]1NCCO1.[N-]=O. The van der Waals surface area contributed by atoms with E-state index < -0.39 is 0 Å². The van der Waals surface area contributed by atoms with E-state index in [0.29, 0.717) is 0 Å². The summed E-state index contributed by atoms with van der Waals surface area (Å²) in [6.07, 6.45) is 10.0. The summed E-state index contributed by atoms with van der Waals surface area (Å²) in [5, 5.41) is 2.93. The van der Waals surface area contributed by atoms with E-state index in [4.69, 9.17) is 19.9 Å². The first-order valence-corrected chi connectivity index (χ1v) is 4.43. The molecule has 1 radical (unpaired) electrons. The number of allylic oxidation sites excluding steroid dienone is 4. The van der Waals surface area contributed by atoms with E-state index in [2.05, 4.69) is 27.5 Å². The number of nitrogens with one attached hydrogen (secondary N) is 1. The molecule has 1 N–H and O–H groups in total. The molecule has 82 valence electrons. The quantitative estimate of drug-likeness (QED) is 0.392. The molecule has 1 heterocycles. The fourth-order valence-electron chi connectivity index (χ4n) is 0.662. The molecule has 1 fully saturated rings. The molecule has 1 aliphatic heterocycles. The summed E-state index contributed by atoms with van der Waals surface area (Å²) in [7, 11) is 0. The Morgan fingerprint density at radius 1 is 1.33 bits per heavy atom. The van der Waals surface area contributed by atoms with Crippen molar-refractivity contribution in [3.63, 3.8) is 0 Å². The van der Waals surface area contributed by atoms with Gasteiger partial charge in [0.25, 0.3) is 0 Å². The fraction of sp³-hybridized carbons (Fsp3) is 0.222. The minimum absolute atomic E-state index is 0.766. The molecule has 0 bridgehead atoms. The summed E-state index contributed by atoms with van der Waals surface area (Å²) < 4.78 is 13.1. The van der Waals surface area contributed by atoms with Crippen LogP contribution < -0.4 is 5.32 Å². The molecule has 0 atom stereocenters. The van der Waals surface area contributed by atoms with Gasteiger partial charge < -0.3 is 10.5 Å². The molecule has 1 aliphatic carbocycles. The standard InChI is InChI=1S/C5H5.C3H5NO.CO.Mn.NO/c1-2-4-5-3-1;1-2-5-3-4-1;1-2;;1-2/h1-5H;4H,1-2H2;;;/q;;;;-1. The summed E-state index contributed by atoms with van der Waals surface area (Å²) >= 11 is 3.12. The topological polar surface area (TPSA) is 80.5 Å². The summed E-state index contributed by atoms with van der Waals surface area (Å²) in [6.45, 7) is 6.22. The van der Waals surface area contributed by atoms with E-state index >= 15 is 0 Å². The van der Waals surface area contributed by atoms with Crippen molar-refractivity contribution in [1.82, 2.24) is 5.32 Å². The molecule has 0 aromatic heterocycles. The molecule has 5 nitrogen and oxygen atoms in total. The first-order valence-electron chi connectivity index (χ1n) is 3.84. The first-order chi connectivity index (χ1) is 7.39. The number of hydrogen-bond donors (Lipinski definition) is 1. The Morgan fingerprint density at radius 3 is 2.00 bits per heavy atom. The first kappa shape index (κ1) is 16.6. The van der Waals surface area contributed by atoms with Gasteiger partial charge in [0.2, 0.25) is 0 Å². The van der Waals surface area contributed by atoms with Crippen molar-refractivity contribution >= 4 is 4.73 Å². The molecule has 0 aromatic rings. The molecule has 1 saturated heterocycles. The fourth-order valence-corrected chi connectivity index (χ4v) is 0.930. The van der Waals surface area contributed by atoms with Crippen LogP contribution in [0, 0.1) is 18.0 Å². The van der Waals surface area contributed by atoms with Crippen molar-refractivity contribution in [2.24, 2.45) is 0 Å². The van der Waals surface area contributed by atoms with Gasteiger partial charge in [0, 0.05) is 6.42 Å². The second-order valence-corrected chi connectivity index (χ2v) is 2.55. The van der Waals surface area contributed by atoms with Gasteiger partial charge in [-0.15, -0.1) is 0 Å². The van der Waals surface area contributed by atoms with Gasteiger partial charge in [0.05, 0.1) is 0 Å². The number of rotatable bonds is 0. The van der Waals surface area contributed by atoms with Gasteiger partial charge in [0.15, 0.2) is 0 Å². The van der Waals surface area contributed by atoms with Crippen molar-refractivity contribution in [2.75, 3.05) is 13.2 Å². The Hall–Kier alpha value is -0.871. The van der Waals surface area contributed by atoms with Crippen LogP contribution in [-0.2, 0) is 25.0 Å². The molecule has 0 spiro atoms. The minimum Gasteiger partial charge on any atom is -0.577 e. The van der Waals surface area contributed by atoms with E-state index in [0.717, 1.165) is 17.9 Å². The zero-order valence-electron chi connectivity index (χ0n) is 7.85. The van der Waals surface area contributed by atoms with Crippen molar-refractivity contribution in [2.45, 2.75) is 0 Å². The zero-order chi connectivity index (χ0) is 11.9. The molecule has 0 amide bonds. The predicted molar refractivity (Wildman–Crippen MR) is 52.2 cm³/mol. The van der Waals surface area contributed by atoms with Crippen molar-refractivity contribution < 1.29 is 25.0 Å². The number of nitroso groups, excluding NO2 is 1. The van der Waals surface area contributed by atoms with Gasteiger partial charge >= 0.3 is 54.8 Å². The average molecular weight is 249 g/mol. The van der Waals surface area contributed by atoms with E-state index in [1.165, 1.54) is 0 Å². The molecule has 0 aromatic carbocycles. The van der Waals surface area contributed by atoms with Crippen LogP contribution in [0.4, 0.5) is 0 Å². The maximum absolute atomic E-state index is 7.50. The monoisotopic (exact) mass is 249 g/mol. The van der Waals surface area contributed by atoms with Gasteiger partial charge in [0.1, 0.15) is 0 Å². The third-order valence-electron chi connectivity index (χ3n) is 1.15. The molecule has 0 unspecified atom stereocenters. The molecule has 2 aliphatic rings. The normalized spacial score (nSPS) is 15.2. The Kier molecular flexibility index (Phi) is 17.2. The van der Waals surface area contributed by atoms with Gasteiger partial charge in [-0.2, -0.15) is 0 Å². The summed E-state index contributed by atoms with van der Waals surface area (Å²) in [5.41, 5.74) is 5.75. The van der Waals surface area contributed by atoms with E-state index in [1.807, 2.05) is 30.7 Å². The second kappa shape index (κ2) is 15.6. The molecule has 6 heteroatoms. The molecule has 0 saturated carbocycles. The van der Waals surface area contributed by atoms with Crippen molar-refractivity contribution in [1.29, 1.82) is 0 Å². The zero-order valence-corrected chi connectivity index (χ0v) is 9.03. The Balaban J connectivity index is 0. The number of ether oxygens (including phenoxy) is 1. The summed E-state index contributed by atoms with van der Waals surface area (Å²) in [6, 6.07) is 0. The van der Waals surface area contributed by atoms with Crippen LogP contribution in [0.25, 0.3) is 5.59 Å². The maximum Gasteiger partial charge on any atom is -0.423 e. The molecule has 2 rings (SSSR count). The number of hydrogen-bond acceptors (Lipinski definition) is 3. The third kappa shape index (κ3) is 13.1. The van der Waals surface area contributed by atoms with E-state index in [1.54, 1.807) is 0 Å². The average Bonchev–Trinajstić information content (AvgIpc) is 2.98. The van der Waals surface area contributed by atoms with Gasteiger partial charge in [-0.25, -0.2) is 0 Å². The van der Waals surface area contributed by atoms with E-state index in [9.17, 15) is 0 Å². The summed E-state index contributed by atoms with van der Waals surface area (Å²) in [5.74, 6) is 0. The Labute approximate surface area is 96.4 Å². The van der Waals surface area contributed by atoms with Crippen LogP contribution in [0.15, 0.2) is 24.3 Å². The van der Waals surface area contributed by atoms with Gasteiger partial charge in [-0.05, 0) is 0 Å². The van der Waals surface area contributed by atoms with Crippen molar-refractivity contribution in [3.05, 3.63) is 47.9 Å². The van der Waals surface area contributed by atoms with Crippen molar-refractivity contribution in [3.8, 4) is 0 Å². The third-order valence-corrected chi connectivity index (χ3v) is 1.53.